The second-order valence-electron chi connectivity index (χ2n) is 11.5. The number of nitrogens with one attached hydrogen (secondary N) is 2. The van der Waals surface area contributed by atoms with E-state index in [4.69, 9.17) is 0 Å². The number of hydrogen-bond donors (Lipinski definition) is 4. The molecule has 0 aliphatic carbocycles. The van der Waals surface area contributed by atoms with Crippen molar-refractivity contribution in [3.8, 4) is 0 Å². The van der Waals surface area contributed by atoms with Crippen LogP contribution in [0.1, 0.15) is 91.0 Å². The number of likely N-dealkylation sites (tertiary alicyclic amines) is 1. The normalized spacial score (nSPS) is 18.9. The molecule has 1 aliphatic rings. The second-order valence-corrected chi connectivity index (χ2v) is 11.5. The van der Waals surface area contributed by atoms with Gasteiger partial charge in [0.2, 0.25) is 11.8 Å². The number of nitrogens with zero attached hydrogens (tertiary/aromatic N) is 1. The van der Waals surface area contributed by atoms with Crippen molar-refractivity contribution >= 4 is 11.8 Å². The van der Waals surface area contributed by atoms with Crippen molar-refractivity contribution in [1.82, 2.24) is 15.5 Å². The Hall–Kier alpha value is -2.48. The molecule has 0 bridgehead atoms. The predicted molar refractivity (Wildman–Crippen MR) is 163 cm³/mol. The third-order valence-corrected chi connectivity index (χ3v) is 8.59. The number of benzene rings is 1. The van der Waals surface area contributed by atoms with Crippen LogP contribution in [-0.2, 0) is 16.0 Å². The van der Waals surface area contributed by atoms with Crippen molar-refractivity contribution in [3.63, 3.8) is 0 Å². The van der Waals surface area contributed by atoms with Crippen molar-refractivity contribution in [1.29, 1.82) is 0 Å². The van der Waals surface area contributed by atoms with Gasteiger partial charge in [-0.05, 0) is 75.3 Å². The molecule has 1 fully saturated rings. The van der Waals surface area contributed by atoms with E-state index in [0.717, 1.165) is 49.7 Å². The molecular weight excluding hydrogens is 502 g/mol. The average Bonchev–Trinajstić information content (AvgIpc) is 3.45. The van der Waals surface area contributed by atoms with E-state index in [9.17, 15) is 19.8 Å². The summed E-state index contributed by atoms with van der Waals surface area (Å²) in [6.45, 7) is 16.3. The summed E-state index contributed by atoms with van der Waals surface area (Å²) in [5, 5.41) is 27.1. The summed E-state index contributed by atoms with van der Waals surface area (Å²) in [6, 6.07) is 8.92. The first-order valence-electron chi connectivity index (χ1n) is 15.2. The van der Waals surface area contributed by atoms with Gasteiger partial charge in [0.25, 0.3) is 0 Å². The van der Waals surface area contributed by atoms with Crippen LogP contribution in [0.5, 0.6) is 0 Å². The van der Waals surface area contributed by atoms with Gasteiger partial charge in [0.05, 0.1) is 17.7 Å². The lowest BCUT2D eigenvalue weighted by molar-refractivity contribution is -0.136. The number of carbonyl (C=O) groups is 2. The van der Waals surface area contributed by atoms with Crippen molar-refractivity contribution in [2.45, 2.75) is 122 Å². The second kappa shape index (κ2) is 16.7. The zero-order valence-corrected chi connectivity index (χ0v) is 25.2. The highest BCUT2D eigenvalue weighted by Crippen LogP contribution is 2.25. The Labute approximate surface area is 242 Å². The van der Waals surface area contributed by atoms with Crippen LogP contribution in [0.2, 0.25) is 0 Å². The minimum absolute atomic E-state index is 0.0476. The first-order valence-corrected chi connectivity index (χ1v) is 15.2. The van der Waals surface area contributed by atoms with E-state index in [1.54, 1.807) is 13.0 Å². The van der Waals surface area contributed by atoms with Gasteiger partial charge in [0.1, 0.15) is 12.3 Å². The molecule has 224 valence electrons. The molecule has 2 amide bonds. The Balaban J connectivity index is 2.08. The minimum Gasteiger partial charge on any atom is -0.389 e. The molecule has 1 aromatic rings. The number of unbranched alkanes of at least 4 members (excludes halogenated alkanes) is 2. The van der Waals surface area contributed by atoms with E-state index >= 15 is 0 Å². The first kappa shape index (κ1) is 33.7. The summed E-state index contributed by atoms with van der Waals surface area (Å²) in [7, 11) is 0. The summed E-state index contributed by atoms with van der Waals surface area (Å²) >= 11 is 0. The molecule has 5 atom stereocenters. The molecule has 7 nitrogen and oxygen atoms in total. The summed E-state index contributed by atoms with van der Waals surface area (Å²) in [6.07, 6.45) is 7.88. The lowest BCUT2D eigenvalue weighted by Crippen LogP contribution is -2.57. The average molecular weight is 556 g/mol. The van der Waals surface area contributed by atoms with Gasteiger partial charge in [-0.2, -0.15) is 0 Å². The molecule has 0 saturated carbocycles. The Morgan fingerprint density at radius 2 is 1.80 bits per heavy atom. The van der Waals surface area contributed by atoms with E-state index in [-0.39, 0.29) is 17.7 Å². The van der Waals surface area contributed by atoms with Gasteiger partial charge in [-0.1, -0.05) is 76.6 Å². The number of aliphatic hydroxyl groups is 2. The number of rotatable bonds is 18. The molecule has 4 N–H and O–H groups in total. The quantitative estimate of drug-likeness (QED) is 0.153. The van der Waals surface area contributed by atoms with E-state index in [1.807, 2.05) is 43.9 Å². The molecule has 2 unspecified atom stereocenters. The highest BCUT2D eigenvalue weighted by Gasteiger charge is 2.38. The number of aliphatic hydroxyl groups excluding tert-OH is 2. The van der Waals surface area contributed by atoms with Crippen LogP contribution in [0.25, 0.3) is 0 Å². The molecule has 1 heterocycles. The number of hydrogen-bond acceptors (Lipinski definition) is 5. The van der Waals surface area contributed by atoms with Gasteiger partial charge in [-0.15, -0.1) is 6.58 Å². The number of carbonyl (C=O) groups excluding carboxylic acids is 2. The fourth-order valence-corrected chi connectivity index (χ4v) is 5.53. The SMILES string of the molecule is C=CC(CC)(CC)NC(=O)C(CCCCCC(=C)[C@@H](C)O)NC(=O)[C@H]1CCCN1C(O)[C@@H](C)Cc1ccccc1. The van der Waals surface area contributed by atoms with Crippen LogP contribution in [-0.4, -0.2) is 63.4 Å². The maximum Gasteiger partial charge on any atom is 0.243 e. The zero-order valence-electron chi connectivity index (χ0n) is 25.2. The predicted octanol–water partition coefficient (Wildman–Crippen LogP) is 4.88. The van der Waals surface area contributed by atoms with Crippen molar-refractivity contribution in [3.05, 3.63) is 60.7 Å². The lowest BCUT2D eigenvalue weighted by atomic mass is 9.92. The maximum atomic E-state index is 13.6. The molecule has 0 radical (unpaired) electrons. The molecule has 40 heavy (non-hydrogen) atoms. The molecule has 2 rings (SSSR count). The third-order valence-electron chi connectivity index (χ3n) is 8.59. The standard InChI is InChI=1S/C33H53N3O4/c1-7-33(8-2,9-3)35-30(38)28(20-15-10-12-17-24(4)26(6)37)34-31(39)29-21-16-22-36(29)32(40)25(5)23-27-18-13-11-14-19-27/h7,11,13-14,18-19,25-26,28-29,32,37,40H,1,4,8-10,12,15-17,20-23H2,2-3,5-6H3,(H,34,39)(H,35,38)/t25-,26+,28?,29+,32?/m0/s1. The van der Waals surface area contributed by atoms with E-state index < -0.39 is 30.0 Å². The molecule has 0 aromatic heterocycles. The van der Waals surface area contributed by atoms with Gasteiger partial charge in [0, 0.05) is 6.54 Å². The highest BCUT2D eigenvalue weighted by atomic mass is 16.3. The van der Waals surface area contributed by atoms with Crippen LogP contribution in [0.15, 0.2) is 55.1 Å². The van der Waals surface area contributed by atoms with Gasteiger partial charge < -0.3 is 20.8 Å². The molecule has 1 saturated heterocycles. The smallest absolute Gasteiger partial charge is 0.243 e. The van der Waals surface area contributed by atoms with Crippen LogP contribution in [0.4, 0.5) is 0 Å². The Kier molecular flexibility index (Phi) is 14.1. The van der Waals surface area contributed by atoms with Gasteiger partial charge in [-0.25, -0.2) is 0 Å². The van der Waals surface area contributed by atoms with E-state index in [0.29, 0.717) is 32.2 Å². The first-order chi connectivity index (χ1) is 19.1. The van der Waals surface area contributed by atoms with Gasteiger partial charge in [0.15, 0.2) is 0 Å². The lowest BCUT2D eigenvalue weighted by Gasteiger charge is -2.34. The van der Waals surface area contributed by atoms with Gasteiger partial charge >= 0.3 is 0 Å². The Morgan fingerprint density at radius 3 is 2.40 bits per heavy atom. The molecule has 7 heteroatoms. The van der Waals surface area contributed by atoms with E-state index in [2.05, 4.69) is 35.9 Å². The Morgan fingerprint density at radius 1 is 1.12 bits per heavy atom. The molecule has 0 spiro atoms. The van der Waals surface area contributed by atoms with Crippen LogP contribution >= 0.6 is 0 Å². The fourth-order valence-electron chi connectivity index (χ4n) is 5.53. The van der Waals surface area contributed by atoms with Crippen molar-refractivity contribution in [2.24, 2.45) is 5.92 Å². The Bertz CT molecular complexity index is 944. The highest BCUT2D eigenvalue weighted by molar-refractivity contribution is 5.90. The summed E-state index contributed by atoms with van der Waals surface area (Å²) in [5.74, 6) is -0.454. The fraction of sp³-hybridized carbons (Fsp3) is 0.636. The van der Waals surface area contributed by atoms with Crippen molar-refractivity contribution in [2.75, 3.05) is 6.54 Å². The summed E-state index contributed by atoms with van der Waals surface area (Å²) < 4.78 is 0. The van der Waals surface area contributed by atoms with E-state index in [1.165, 1.54) is 0 Å². The van der Waals surface area contributed by atoms with Crippen molar-refractivity contribution < 1.29 is 19.8 Å². The van der Waals surface area contributed by atoms with Crippen LogP contribution < -0.4 is 10.6 Å². The molecular formula is C33H53N3O4. The monoisotopic (exact) mass is 555 g/mol. The van der Waals surface area contributed by atoms with Crippen LogP contribution in [0, 0.1) is 5.92 Å². The largest absolute Gasteiger partial charge is 0.389 e. The maximum absolute atomic E-state index is 13.6. The van der Waals surface area contributed by atoms with Crippen LogP contribution in [0.3, 0.4) is 0 Å². The molecule has 1 aromatic carbocycles. The summed E-state index contributed by atoms with van der Waals surface area (Å²) in [5.41, 5.74) is 1.45. The minimum atomic E-state index is -0.749. The third kappa shape index (κ3) is 9.86. The molecule has 1 aliphatic heterocycles. The zero-order chi connectivity index (χ0) is 29.7. The topological polar surface area (TPSA) is 102 Å². The van der Waals surface area contributed by atoms with Gasteiger partial charge in [-0.3, -0.25) is 14.5 Å². The number of amides is 2. The summed E-state index contributed by atoms with van der Waals surface area (Å²) in [4.78, 5) is 29.0.